The second-order valence-electron chi connectivity index (χ2n) is 9.07. The molecule has 2 aliphatic rings. The van der Waals surface area contributed by atoms with Crippen LogP contribution in [0.5, 0.6) is 0 Å². The minimum absolute atomic E-state index is 0.00306. The van der Waals surface area contributed by atoms with Crippen molar-refractivity contribution in [2.45, 2.75) is 104 Å². The standard InChI is InChI=1S/C10H19N3O2.C10H21NO2/c1-5(2)10-6(3)9(14)8(12-13-11)7(4)15-10;1-5(2)10-6(3)9(12)8(11)7(4)13-10/h5-10,14H,1-4H3;5-10,12H,11H2,1-4H3. The number of rotatable bonds is 3. The highest BCUT2D eigenvalue weighted by Crippen LogP contribution is 2.31. The highest BCUT2D eigenvalue weighted by Gasteiger charge is 2.42. The molecule has 0 spiro atoms. The summed E-state index contributed by atoms with van der Waals surface area (Å²) in [6.45, 7) is 16.0. The topological polar surface area (TPSA) is 134 Å². The van der Waals surface area contributed by atoms with E-state index in [-0.39, 0.29) is 42.3 Å². The van der Waals surface area contributed by atoms with Crippen LogP contribution in [0.25, 0.3) is 10.4 Å². The molecule has 0 aromatic carbocycles. The molecule has 2 heterocycles. The molecule has 0 aromatic heterocycles. The zero-order chi connectivity index (χ0) is 21.8. The molecule has 28 heavy (non-hydrogen) atoms. The SMILES string of the molecule is CC(C)C1OC(C)C(N)C(O)C1C.CC(C)C1OC(C)C(N=[N+]=[N-])C(O)C1C. The summed E-state index contributed by atoms with van der Waals surface area (Å²) in [4.78, 5) is 2.75. The monoisotopic (exact) mass is 400 g/mol. The van der Waals surface area contributed by atoms with E-state index in [0.717, 1.165) is 0 Å². The third-order valence-corrected chi connectivity index (χ3v) is 6.12. The van der Waals surface area contributed by atoms with E-state index in [1.165, 1.54) is 0 Å². The van der Waals surface area contributed by atoms with Crippen molar-refractivity contribution in [2.75, 3.05) is 0 Å². The maximum absolute atomic E-state index is 10.0. The number of aliphatic hydroxyl groups is 2. The molecule has 2 aliphatic heterocycles. The Morgan fingerprint density at radius 3 is 1.71 bits per heavy atom. The average molecular weight is 401 g/mol. The number of hydrogen-bond acceptors (Lipinski definition) is 6. The van der Waals surface area contributed by atoms with Crippen LogP contribution in [0.15, 0.2) is 5.11 Å². The van der Waals surface area contributed by atoms with Gasteiger partial charge in [-0.3, -0.25) is 0 Å². The maximum atomic E-state index is 10.0. The Hall–Kier alpha value is -0.890. The van der Waals surface area contributed by atoms with Crippen molar-refractivity contribution >= 4 is 0 Å². The van der Waals surface area contributed by atoms with Gasteiger partial charge in [0.15, 0.2) is 0 Å². The molecule has 10 atom stereocenters. The molecule has 0 saturated carbocycles. The van der Waals surface area contributed by atoms with Crippen LogP contribution in [0, 0.1) is 23.7 Å². The van der Waals surface area contributed by atoms with E-state index in [2.05, 4.69) is 37.7 Å². The molecule has 2 fully saturated rings. The van der Waals surface area contributed by atoms with Crippen LogP contribution in [0.3, 0.4) is 0 Å². The lowest BCUT2D eigenvalue weighted by molar-refractivity contribution is -0.151. The van der Waals surface area contributed by atoms with Gasteiger partial charge in [-0.15, -0.1) is 0 Å². The summed E-state index contributed by atoms with van der Waals surface area (Å²) in [6, 6.07) is -0.718. The van der Waals surface area contributed by atoms with Crippen molar-refractivity contribution in [2.24, 2.45) is 34.5 Å². The van der Waals surface area contributed by atoms with E-state index >= 15 is 0 Å². The van der Waals surface area contributed by atoms with Crippen molar-refractivity contribution in [3.63, 3.8) is 0 Å². The molecule has 0 bridgehead atoms. The van der Waals surface area contributed by atoms with E-state index in [0.29, 0.717) is 11.8 Å². The Labute approximate surface area is 169 Å². The van der Waals surface area contributed by atoms with Gasteiger partial charge in [0.2, 0.25) is 0 Å². The molecule has 0 amide bonds. The van der Waals surface area contributed by atoms with Gasteiger partial charge in [-0.25, -0.2) is 0 Å². The molecule has 4 N–H and O–H groups in total. The lowest BCUT2D eigenvalue weighted by atomic mass is 9.83. The van der Waals surface area contributed by atoms with Gasteiger partial charge in [0.25, 0.3) is 0 Å². The van der Waals surface area contributed by atoms with Crippen LogP contribution >= 0.6 is 0 Å². The molecule has 2 saturated heterocycles. The van der Waals surface area contributed by atoms with E-state index in [1.54, 1.807) is 0 Å². The minimum atomic E-state index is -0.614. The van der Waals surface area contributed by atoms with Crippen LogP contribution in [-0.2, 0) is 9.47 Å². The zero-order valence-electron chi connectivity index (χ0n) is 18.6. The number of nitrogens with two attached hydrogens (primary N) is 1. The highest BCUT2D eigenvalue weighted by molar-refractivity contribution is 4.94. The summed E-state index contributed by atoms with van der Waals surface area (Å²) >= 11 is 0. The first-order valence-electron chi connectivity index (χ1n) is 10.4. The van der Waals surface area contributed by atoms with Gasteiger partial charge >= 0.3 is 0 Å². The van der Waals surface area contributed by atoms with Crippen molar-refractivity contribution in [1.82, 2.24) is 0 Å². The van der Waals surface area contributed by atoms with Gasteiger partial charge in [-0.2, -0.15) is 0 Å². The molecule has 164 valence electrons. The predicted octanol–water partition coefficient (Wildman–Crippen LogP) is 2.86. The Kier molecular flexibility index (Phi) is 9.67. The molecule has 8 heteroatoms. The third-order valence-electron chi connectivity index (χ3n) is 6.12. The van der Waals surface area contributed by atoms with E-state index in [4.69, 9.17) is 20.7 Å². The van der Waals surface area contributed by atoms with E-state index in [1.807, 2.05) is 27.7 Å². The number of hydrogen-bond donors (Lipinski definition) is 3. The first-order chi connectivity index (χ1) is 12.9. The van der Waals surface area contributed by atoms with Gasteiger partial charge in [0.05, 0.1) is 48.7 Å². The Bertz CT molecular complexity index is 526. The lowest BCUT2D eigenvalue weighted by Gasteiger charge is -2.43. The normalized spacial score (nSPS) is 43.9. The average Bonchev–Trinajstić information content (AvgIpc) is 2.63. The van der Waals surface area contributed by atoms with E-state index < -0.39 is 18.2 Å². The largest absolute Gasteiger partial charge is 0.392 e. The van der Waals surface area contributed by atoms with Gasteiger partial charge in [0.1, 0.15) is 0 Å². The van der Waals surface area contributed by atoms with E-state index in [9.17, 15) is 10.2 Å². The second-order valence-corrected chi connectivity index (χ2v) is 9.07. The smallest absolute Gasteiger partial charge is 0.0896 e. The zero-order valence-corrected chi connectivity index (χ0v) is 18.6. The fourth-order valence-corrected chi connectivity index (χ4v) is 4.27. The summed E-state index contributed by atoms with van der Waals surface area (Å²) in [6.07, 6.45) is -1.16. The molecule has 2 rings (SSSR count). The van der Waals surface area contributed by atoms with Crippen molar-refractivity contribution in [3.05, 3.63) is 10.4 Å². The Morgan fingerprint density at radius 2 is 1.29 bits per heavy atom. The Balaban J connectivity index is 0.000000283. The fourth-order valence-electron chi connectivity index (χ4n) is 4.27. The van der Waals surface area contributed by atoms with Crippen LogP contribution in [-0.4, -0.2) is 58.9 Å². The molecule has 0 aliphatic carbocycles. The first kappa shape index (κ1) is 25.1. The summed E-state index contributed by atoms with van der Waals surface area (Å²) in [5.41, 5.74) is 14.2. The molecule has 0 aromatic rings. The number of azide groups is 1. The highest BCUT2D eigenvalue weighted by atomic mass is 16.5. The van der Waals surface area contributed by atoms with Crippen molar-refractivity contribution in [3.8, 4) is 0 Å². The lowest BCUT2D eigenvalue weighted by Crippen LogP contribution is -2.57. The number of ether oxygens (including phenoxy) is 2. The summed E-state index contributed by atoms with van der Waals surface area (Å²) in [7, 11) is 0. The van der Waals surface area contributed by atoms with Crippen molar-refractivity contribution < 1.29 is 19.7 Å². The van der Waals surface area contributed by atoms with Crippen molar-refractivity contribution in [1.29, 1.82) is 0 Å². The van der Waals surface area contributed by atoms with Gasteiger partial charge < -0.3 is 25.4 Å². The predicted molar refractivity (Wildman–Crippen MR) is 110 cm³/mol. The van der Waals surface area contributed by atoms with Crippen LogP contribution in [0.1, 0.15) is 55.4 Å². The molecule has 0 radical (unpaired) electrons. The molecular formula is C20H40N4O4. The molecule has 10 unspecified atom stereocenters. The second kappa shape index (κ2) is 10.8. The van der Waals surface area contributed by atoms with Gasteiger partial charge in [0, 0.05) is 16.7 Å². The maximum Gasteiger partial charge on any atom is 0.0896 e. The first-order valence-corrected chi connectivity index (χ1v) is 10.4. The van der Waals surface area contributed by atoms with Crippen LogP contribution in [0.2, 0.25) is 0 Å². The third kappa shape index (κ3) is 5.81. The summed E-state index contributed by atoms with van der Waals surface area (Å²) in [5, 5.41) is 23.4. The Morgan fingerprint density at radius 1 is 0.857 bits per heavy atom. The number of nitrogens with zero attached hydrogens (tertiary/aromatic N) is 3. The molecular weight excluding hydrogens is 360 g/mol. The molecule has 8 nitrogen and oxygen atoms in total. The minimum Gasteiger partial charge on any atom is -0.392 e. The van der Waals surface area contributed by atoms with Crippen LogP contribution < -0.4 is 5.73 Å². The van der Waals surface area contributed by atoms with Gasteiger partial charge in [-0.05, 0) is 31.2 Å². The number of aliphatic hydroxyl groups excluding tert-OH is 2. The van der Waals surface area contributed by atoms with Crippen LogP contribution in [0.4, 0.5) is 0 Å². The quantitative estimate of drug-likeness (QED) is 0.380. The summed E-state index contributed by atoms with van der Waals surface area (Å²) in [5.74, 6) is 0.909. The fraction of sp³-hybridized carbons (Fsp3) is 1.00. The summed E-state index contributed by atoms with van der Waals surface area (Å²) < 4.78 is 11.5. The van der Waals surface area contributed by atoms with Gasteiger partial charge in [-0.1, -0.05) is 46.7 Å².